The molecule has 0 saturated carbocycles. The number of carbonyl (C=O) groups is 1. The number of benzene rings is 1. The van der Waals surface area contributed by atoms with Gasteiger partial charge >= 0.3 is 5.97 Å². The number of nitro groups is 1. The molecule has 0 atom stereocenters. The van der Waals surface area contributed by atoms with Crippen LogP contribution in [0.25, 0.3) is 10.1 Å². The fourth-order valence-electron chi connectivity index (χ4n) is 1.88. The smallest absolute Gasteiger partial charge is 0.311 e. The summed E-state index contributed by atoms with van der Waals surface area (Å²) < 4.78 is 5.86. The van der Waals surface area contributed by atoms with Crippen LogP contribution < -0.4 is 0 Å². The van der Waals surface area contributed by atoms with Crippen molar-refractivity contribution in [2.75, 3.05) is 6.61 Å². The Morgan fingerprint density at radius 2 is 2.21 bits per heavy atom. The summed E-state index contributed by atoms with van der Waals surface area (Å²) in [7, 11) is 0. The molecular formula is C13H13NO4S. The average Bonchev–Trinajstić information content (AvgIpc) is 2.66. The molecule has 100 valence electrons. The van der Waals surface area contributed by atoms with Crippen LogP contribution in [0.4, 0.5) is 5.69 Å². The number of nitro benzene ring substituents is 1. The Balaban J connectivity index is 2.39. The topological polar surface area (TPSA) is 69.4 Å². The molecule has 0 amide bonds. The molecule has 0 aliphatic rings. The van der Waals surface area contributed by atoms with Gasteiger partial charge in [0, 0.05) is 27.1 Å². The zero-order valence-electron chi connectivity index (χ0n) is 10.6. The molecule has 1 heterocycles. The summed E-state index contributed by atoms with van der Waals surface area (Å²) in [6.07, 6.45) is 0.215. The monoisotopic (exact) mass is 279 g/mol. The van der Waals surface area contributed by atoms with Crippen molar-refractivity contribution in [2.24, 2.45) is 0 Å². The first kappa shape index (κ1) is 13.5. The zero-order chi connectivity index (χ0) is 14.0. The molecule has 6 heteroatoms. The SMILES string of the molecule is CCOC(=O)Cc1sc2ccc([N+](=O)[O-])cc2c1C. The maximum atomic E-state index is 11.5. The Hall–Kier alpha value is -1.95. The third kappa shape index (κ3) is 2.73. The van der Waals surface area contributed by atoms with Crippen LogP contribution >= 0.6 is 11.3 Å². The summed E-state index contributed by atoms with van der Waals surface area (Å²) in [5.41, 5.74) is 0.979. The Labute approximate surface area is 114 Å². The van der Waals surface area contributed by atoms with Gasteiger partial charge in [0.1, 0.15) is 0 Å². The molecule has 2 rings (SSSR count). The van der Waals surface area contributed by atoms with Gasteiger partial charge < -0.3 is 4.74 Å². The van der Waals surface area contributed by atoms with Gasteiger partial charge in [-0.1, -0.05) is 0 Å². The molecule has 19 heavy (non-hydrogen) atoms. The molecule has 5 nitrogen and oxygen atoms in total. The summed E-state index contributed by atoms with van der Waals surface area (Å²) in [5.74, 6) is -0.272. The van der Waals surface area contributed by atoms with E-state index in [1.54, 1.807) is 19.1 Å². The van der Waals surface area contributed by atoms with Crippen LogP contribution in [0.15, 0.2) is 18.2 Å². The first-order valence-corrected chi connectivity index (χ1v) is 6.66. The van der Waals surface area contributed by atoms with E-state index in [-0.39, 0.29) is 18.1 Å². The van der Waals surface area contributed by atoms with Crippen LogP contribution in [0, 0.1) is 17.0 Å². The summed E-state index contributed by atoms with van der Waals surface area (Å²) in [6, 6.07) is 4.75. The highest BCUT2D eigenvalue weighted by atomic mass is 32.1. The van der Waals surface area contributed by atoms with Crippen molar-refractivity contribution in [3.63, 3.8) is 0 Å². The third-order valence-corrected chi connectivity index (χ3v) is 4.11. The molecule has 0 aliphatic heterocycles. The molecule has 1 aromatic carbocycles. The summed E-state index contributed by atoms with van der Waals surface area (Å²) in [5, 5.41) is 11.6. The van der Waals surface area contributed by atoms with Crippen LogP contribution in [0.3, 0.4) is 0 Å². The number of aryl methyl sites for hydroxylation is 1. The minimum absolute atomic E-state index is 0.0658. The van der Waals surface area contributed by atoms with Crippen molar-refractivity contribution >= 4 is 33.1 Å². The van der Waals surface area contributed by atoms with E-state index in [2.05, 4.69) is 0 Å². The Kier molecular flexibility index (Phi) is 3.80. The standard InChI is InChI=1S/C13H13NO4S/c1-3-18-13(15)7-12-8(2)10-6-9(14(16)17)4-5-11(10)19-12/h4-6H,3,7H2,1-2H3. The van der Waals surface area contributed by atoms with E-state index in [1.807, 2.05) is 6.92 Å². The second-order valence-corrected chi connectivity index (χ2v) is 5.21. The minimum atomic E-state index is -0.415. The Morgan fingerprint density at radius 1 is 1.47 bits per heavy atom. The first-order valence-electron chi connectivity index (χ1n) is 5.85. The number of thiophene rings is 1. The number of hydrogen-bond donors (Lipinski definition) is 0. The van der Waals surface area contributed by atoms with Crippen molar-refractivity contribution in [2.45, 2.75) is 20.3 Å². The maximum absolute atomic E-state index is 11.5. The van der Waals surface area contributed by atoms with E-state index < -0.39 is 4.92 Å². The Morgan fingerprint density at radius 3 is 2.84 bits per heavy atom. The molecule has 0 saturated heterocycles. The molecule has 1 aromatic heterocycles. The molecule has 2 aromatic rings. The van der Waals surface area contributed by atoms with Crippen LogP contribution in [-0.2, 0) is 16.0 Å². The highest BCUT2D eigenvalue weighted by Gasteiger charge is 2.15. The van der Waals surface area contributed by atoms with Gasteiger partial charge in [0.25, 0.3) is 5.69 Å². The molecule has 0 unspecified atom stereocenters. The van der Waals surface area contributed by atoms with E-state index >= 15 is 0 Å². The number of nitrogens with zero attached hydrogens (tertiary/aromatic N) is 1. The van der Waals surface area contributed by atoms with Gasteiger partial charge in [-0.25, -0.2) is 0 Å². The van der Waals surface area contributed by atoms with E-state index in [0.29, 0.717) is 6.61 Å². The minimum Gasteiger partial charge on any atom is -0.466 e. The highest BCUT2D eigenvalue weighted by Crippen LogP contribution is 2.33. The van der Waals surface area contributed by atoms with Gasteiger partial charge in [-0.3, -0.25) is 14.9 Å². The molecule has 0 fully saturated rings. The number of fused-ring (bicyclic) bond motifs is 1. The van der Waals surface area contributed by atoms with E-state index in [0.717, 1.165) is 20.5 Å². The highest BCUT2D eigenvalue weighted by molar-refractivity contribution is 7.19. The fraction of sp³-hybridized carbons (Fsp3) is 0.308. The van der Waals surface area contributed by atoms with E-state index in [9.17, 15) is 14.9 Å². The lowest BCUT2D eigenvalue weighted by Crippen LogP contribution is -2.06. The lowest BCUT2D eigenvalue weighted by atomic mass is 10.1. The van der Waals surface area contributed by atoms with Crippen LogP contribution in [0.1, 0.15) is 17.4 Å². The van der Waals surface area contributed by atoms with E-state index in [4.69, 9.17) is 4.74 Å². The zero-order valence-corrected chi connectivity index (χ0v) is 11.5. The van der Waals surface area contributed by atoms with Crippen LogP contribution in [0.5, 0.6) is 0 Å². The van der Waals surface area contributed by atoms with Crippen LogP contribution in [0.2, 0.25) is 0 Å². The van der Waals surface area contributed by atoms with Crippen molar-refractivity contribution in [1.82, 2.24) is 0 Å². The predicted octanol–water partition coefficient (Wildman–Crippen LogP) is 3.22. The number of ether oxygens (including phenoxy) is 1. The molecular weight excluding hydrogens is 266 g/mol. The first-order chi connectivity index (χ1) is 9.02. The van der Waals surface area contributed by atoms with Gasteiger partial charge in [0.05, 0.1) is 18.0 Å². The fourth-order valence-corrected chi connectivity index (χ4v) is 3.06. The molecule has 0 N–H and O–H groups in total. The lowest BCUT2D eigenvalue weighted by molar-refractivity contribution is -0.384. The van der Waals surface area contributed by atoms with Crippen molar-refractivity contribution < 1.29 is 14.5 Å². The third-order valence-electron chi connectivity index (χ3n) is 2.84. The number of non-ortho nitro benzene ring substituents is 1. The number of rotatable bonds is 4. The summed E-state index contributed by atoms with van der Waals surface area (Å²) >= 11 is 1.48. The second kappa shape index (κ2) is 5.36. The summed E-state index contributed by atoms with van der Waals surface area (Å²) in [4.78, 5) is 22.7. The molecule has 0 spiro atoms. The van der Waals surface area contributed by atoms with Gasteiger partial charge in [-0.15, -0.1) is 11.3 Å². The number of esters is 1. The van der Waals surface area contributed by atoms with Gasteiger partial charge in [0.15, 0.2) is 0 Å². The quantitative estimate of drug-likeness (QED) is 0.489. The molecule has 0 bridgehead atoms. The summed E-state index contributed by atoms with van der Waals surface area (Å²) in [6.45, 7) is 3.99. The number of carbonyl (C=O) groups excluding carboxylic acids is 1. The lowest BCUT2D eigenvalue weighted by Gasteiger charge is -2.00. The molecule has 0 aliphatic carbocycles. The second-order valence-electron chi connectivity index (χ2n) is 4.07. The Bertz CT molecular complexity index is 647. The van der Waals surface area contributed by atoms with E-state index in [1.165, 1.54) is 17.4 Å². The van der Waals surface area contributed by atoms with Gasteiger partial charge in [-0.05, 0) is 25.5 Å². The van der Waals surface area contributed by atoms with Gasteiger partial charge in [-0.2, -0.15) is 0 Å². The predicted molar refractivity (Wildman–Crippen MR) is 73.6 cm³/mol. The number of hydrogen-bond acceptors (Lipinski definition) is 5. The largest absolute Gasteiger partial charge is 0.466 e. The molecule has 0 radical (unpaired) electrons. The normalized spacial score (nSPS) is 10.6. The van der Waals surface area contributed by atoms with Crippen LogP contribution in [-0.4, -0.2) is 17.5 Å². The maximum Gasteiger partial charge on any atom is 0.311 e. The average molecular weight is 279 g/mol. The van der Waals surface area contributed by atoms with Crippen molar-refractivity contribution in [3.8, 4) is 0 Å². The van der Waals surface area contributed by atoms with Crippen molar-refractivity contribution in [3.05, 3.63) is 38.8 Å². The van der Waals surface area contributed by atoms with Crippen molar-refractivity contribution in [1.29, 1.82) is 0 Å². The van der Waals surface area contributed by atoms with Gasteiger partial charge in [0.2, 0.25) is 0 Å².